The van der Waals surface area contributed by atoms with Gasteiger partial charge in [0.1, 0.15) is 11.9 Å². The first-order valence-electron chi connectivity index (χ1n) is 9.95. The van der Waals surface area contributed by atoms with E-state index < -0.39 is 65.1 Å². The summed E-state index contributed by atoms with van der Waals surface area (Å²) in [6.45, 7) is -0.645. The molecule has 198 valence electrons. The summed E-state index contributed by atoms with van der Waals surface area (Å²) in [6.07, 6.45) is -16.8. The zero-order valence-electron chi connectivity index (χ0n) is 18.0. The van der Waals surface area contributed by atoms with Crippen LogP contribution in [0, 0.1) is 0 Å². The van der Waals surface area contributed by atoms with Crippen molar-refractivity contribution in [2.45, 2.75) is 24.6 Å². The standard InChI is InChI=1S/C22H13ClF9N3O2/c23-14-8-12(6-7-13(14)20(24,25)26)15-9-17(35-18(34-15)21(27,28)29)33-10-16(11-4-2-1-3-5-11)37-19(36)22(30,31)32/h1-9,16H,10H2,(H,33,34,35)/t16-/m0/s1. The Morgan fingerprint density at radius 2 is 1.54 bits per heavy atom. The number of aromatic nitrogens is 2. The molecule has 0 aliphatic heterocycles. The summed E-state index contributed by atoms with van der Waals surface area (Å²) in [5.74, 6) is -4.77. The predicted octanol–water partition coefficient (Wildman–Crippen LogP) is 7.09. The lowest BCUT2D eigenvalue weighted by molar-refractivity contribution is -0.204. The first-order valence-corrected chi connectivity index (χ1v) is 10.3. The molecule has 0 saturated carbocycles. The quantitative estimate of drug-likeness (QED) is 0.259. The number of halogens is 10. The zero-order valence-corrected chi connectivity index (χ0v) is 18.7. The zero-order chi connectivity index (χ0) is 27.6. The van der Waals surface area contributed by atoms with Gasteiger partial charge >= 0.3 is 24.5 Å². The van der Waals surface area contributed by atoms with E-state index in [0.29, 0.717) is 6.07 Å². The van der Waals surface area contributed by atoms with Crippen molar-refractivity contribution in [2.24, 2.45) is 0 Å². The summed E-state index contributed by atoms with van der Waals surface area (Å²) < 4.78 is 122. The highest BCUT2D eigenvalue weighted by molar-refractivity contribution is 6.31. The van der Waals surface area contributed by atoms with Gasteiger partial charge in [0.25, 0.3) is 0 Å². The topological polar surface area (TPSA) is 64.1 Å². The number of hydrogen-bond donors (Lipinski definition) is 1. The van der Waals surface area contributed by atoms with Gasteiger partial charge in [-0.15, -0.1) is 0 Å². The number of esters is 1. The van der Waals surface area contributed by atoms with Gasteiger partial charge in [-0.2, -0.15) is 39.5 Å². The van der Waals surface area contributed by atoms with Crippen molar-refractivity contribution in [3.8, 4) is 11.3 Å². The minimum atomic E-state index is -5.33. The summed E-state index contributed by atoms with van der Waals surface area (Å²) in [6, 6.07) is 10.1. The van der Waals surface area contributed by atoms with Gasteiger partial charge in [0.05, 0.1) is 22.8 Å². The number of nitrogens with one attached hydrogen (secondary N) is 1. The van der Waals surface area contributed by atoms with Crippen molar-refractivity contribution in [3.05, 3.63) is 76.6 Å². The Bertz CT molecular complexity index is 1260. The Hall–Kier alpha value is -3.55. The minimum absolute atomic E-state index is 0.0902. The summed E-state index contributed by atoms with van der Waals surface area (Å²) in [4.78, 5) is 18.0. The van der Waals surface area contributed by atoms with Gasteiger partial charge < -0.3 is 10.1 Å². The number of carbonyl (C=O) groups is 1. The second-order valence-corrected chi connectivity index (χ2v) is 7.74. The highest BCUT2D eigenvalue weighted by atomic mass is 35.5. The van der Waals surface area contributed by atoms with Crippen LogP contribution in [-0.4, -0.2) is 28.7 Å². The third kappa shape index (κ3) is 7.24. The van der Waals surface area contributed by atoms with Crippen LogP contribution in [0.2, 0.25) is 5.02 Å². The molecule has 2 aromatic carbocycles. The van der Waals surface area contributed by atoms with E-state index in [2.05, 4.69) is 20.0 Å². The average molecular weight is 558 g/mol. The summed E-state index contributed by atoms with van der Waals surface area (Å²) in [5, 5.41) is 1.57. The lowest BCUT2D eigenvalue weighted by Crippen LogP contribution is -2.29. The lowest BCUT2D eigenvalue weighted by atomic mass is 10.1. The normalized spacial score (nSPS) is 13.2. The fraction of sp³-hybridized carbons (Fsp3) is 0.227. The monoisotopic (exact) mass is 557 g/mol. The van der Waals surface area contributed by atoms with Crippen LogP contribution in [0.4, 0.5) is 45.3 Å². The van der Waals surface area contributed by atoms with Crippen LogP contribution in [0.15, 0.2) is 54.6 Å². The van der Waals surface area contributed by atoms with Gasteiger partial charge in [0.2, 0.25) is 5.82 Å². The number of rotatable bonds is 6. The van der Waals surface area contributed by atoms with Crippen molar-refractivity contribution in [2.75, 3.05) is 11.9 Å². The molecule has 3 aromatic rings. The fourth-order valence-electron chi connectivity index (χ4n) is 3.01. The smallest absolute Gasteiger partial charge is 0.449 e. The van der Waals surface area contributed by atoms with Gasteiger partial charge in [0, 0.05) is 11.6 Å². The molecule has 0 spiro atoms. The van der Waals surface area contributed by atoms with Gasteiger partial charge in [0.15, 0.2) is 0 Å². The van der Waals surface area contributed by atoms with Crippen LogP contribution < -0.4 is 5.32 Å². The summed E-state index contributed by atoms with van der Waals surface area (Å²) >= 11 is 5.65. The molecule has 37 heavy (non-hydrogen) atoms. The first-order chi connectivity index (χ1) is 17.1. The number of hydrogen-bond acceptors (Lipinski definition) is 5. The van der Waals surface area contributed by atoms with Crippen molar-refractivity contribution in [1.82, 2.24) is 9.97 Å². The third-order valence-corrected chi connectivity index (χ3v) is 4.98. The lowest BCUT2D eigenvalue weighted by Gasteiger charge is -2.20. The van der Waals surface area contributed by atoms with Crippen LogP contribution in [0.3, 0.4) is 0 Å². The Kier molecular flexibility index (Phi) is 7.91. The van der Waals surface area contributed by atoms with E-state index in [9.17, 15) is 44.3 Å². The van der Waals surface area contributed by atoms with Crippen LogP contribution in [0.5, 0.6) is 0 Å². The van der Waals surface area contributed by atoms with Gasteiger partial charge in [-0.1, -0.05) is 48.0 Å². The molecular formula is C22H13ClF9N3O2. The molecule has 3 rings (SSSR count). The predicted molar refractivity (Wildman–Crippen MR) is 112 cm³/mol. The molecule has 15 heteroatoms. The van der Waals surface area contributed by atoms with E-state index in [-0.39, 0.29) is 11.1 Å². The number of ether oxygens (including phenoxy) is 1. The number of benzene rings is 2. The van der Waals surface area contributed by atoms with Crippen molar-refractivity contribution in [1.29, 1.82) is 0 Å². The van der Waals surface area contributed by atoms with E-state index >= 15 is 0 Å². The van der Waals surface area contributed by atoms with Crippen molar-refractivity contribution >= 4 is 23.4 Å². The van der Waals surface area contributed by atoms with E-state index in [1.54, 1.807) is 0 Å². The number of alkyl halides is 9. The van der Waals surface area contributed by atoms with E-state index in [4.69, 9.17) is 11.6 Å². The molecule has 0 bridgehead atoms. The van der Waals surface area contributed by atoms with Crippen LogP contribution in [-0.2, 0) is 21.9 Å². The third-order valence-electron chi connectivity index (χ3n) is 4.67. The molecule has 1 atom stereocenters. The maximum absolute atomic E-state index is 13.4. The SMILES string of the molecule is O=C(O[C@@H](CNc1cc(-c2ccc(C(F)(F)F)c(Cl)c2)nc(C(F)(F)F)n1)c1ccccc1)C(F)(F)F. The van der Waals surface area contributed by atoms with Crippen molar-refractivity contribution < 1.29 is 49.0 Å². The Morgan fingerprint density at radius 1 is 0.892 bits per heavy atom. The molecule has 0 aliphatic carbocycles. The summed E-state index contributed by atoms with van der Waals surface area (Å²) in [7, 11) is 0. The van der Waals surface area contributed by atoms with Gasteiger partial charge in [-0.25, -0.2) is 14.8 Å². The van der Waals surface area contributed by atoms with E-state index in [1.165, 1.54) is 30.3 Å². The number of carbonyl (C=O) groups excluding carboxylic acids is 1. The molecule has 0 radical (unpaired) electrons. The molecule has 5 nitrogen and oxygen atoms in total. The molecule has 0 saturated heterocycles. The maximum Gasteiger partial charge on any atom is 0.490 e. The Balaban J connectivity index is 1.96. The molecule has 0 fully saturated rings. The second kappa shape index (κ2) is 10.4. The molecule has 1 aromatic heterocycles. The molecule has 0 unspecified atom stereocenters. The van der Waals surface area contributed by atoms with Crippen LogP contribution in [0.1, 0.15) is 23.1 Å². The van der Waals surface area contributed by atoms with E-state index in [0.717, 1.165) is 18.2 Å². The minimum Gasteiger partial charge on any atom is -0.449 e. The highest BCUT2D eigenvalue weighted by Crippen LogP contribution is 2.37. The van der Waals surface area contributed by atoms with Crippen molar-refractivity contribution in [3.63, 3.8) is 0 Å². The molecular weight excluding hydrogens is 545 g/mol. The fourth-order valence-corrected chi connectivity index (χ4v) is 3.29. The average Bonchev–Trinajstić information content (AvgIpc) is 2.80. The van der Waals surface area contributed by atoms with E-state index in [1.807, 2.05) is 0 Å². The van der Waals surface area contributed by atoms with Crippen LogP contribution >= 0.6 is 11.6 Å². The molecule has 1 N–H and O–H groups in total. The molecule has 0 aliphatic rings. The van der Waals surface area contributed by atoms with Gasteiger partial charge in [-0.05, 0) is 17.7 Å². The first kappa shape index (κ1) is 28.0. The highest BCUT2D eigenvalue weighted by Gasteiger charge is 2.42. The summed E-state index contributed by atoms with van der Waals surface area (Å²) in [5.41, 5.74) is -1.84. The number of nitrogens with zero attached hydrogens (tertiary/aromatic N) is 2. The maximum atomic E-state index is 13.4. The Morgan fingerprint density at radius 3 is 2.08 bits per heavy atom. The molecule has 0 amide bonds. The number of anilines is 1. The molecule has 1 heterocycles. The largest absolute Gasteiger partial charge is 0.490 e. The van der Waals surface area contributed by atoms with Crippen LogP contribution in [0.25, 0.3) is 11.3 Å². The van der Waals surface area contributed by atoms with Gasteiger partial charge in [-0.3, -0.25) is 0 Å². The second-order valence-electron chi connectivity index (χ2n) is 7.34. The Labute approximate surface area is 207 Å².